The predicted molar refractivity (Wildman–Crippen MR) is 51.8 cm³/mol. The third kappa shape index (κ3) is 2.27. The lowest BCUT2D eigenvalue weighted by Gasteiger charge is -2.31. The van der Waals surface area contributed by atoms with Crippen LogP contribution in [0.1, 0.15) is 12.8 Å². The van der Waals surface area contributed by atoms with Crippen molar-refractivity contribution < 1.29 is 10.0 Å². The molecule has 1 aliphatic heterocycles. The Hall–Kier alpha value is -1.46. The van der Waals surface area contributed by atoms with Crippen molar-refractivity contribution >= 4 is 11.9 Å². The maximum absolute atomic E-state index is 11.3. The van der Waals surface area contributed by atoms with Crippen LogP contribution in [0.2, 0.25) is 0 Å². The highest BCUT2D eigenvalue weighted by Gasteiger charge is 2.25. The molecule has 1 aliphatic rings. The Morgan fingerprint density at radius 1 is 1.71 bits per heavy atom. The Kier molecular flexibility index (Phi) is 3.55. The maximum Gasteiger partial charge on any atom is 0.233 e. The highest BCUT2D eigenvalue weighted by molar-refractivity contribution is 5.81. The predicted octanol–water partition coefficient (Wildman–Crippen LogP) is -0.852. The normalized spacial score (nSPS) is 23.4. The number of hydrogen-bond acceptors (Lipinski definition) is 3. The average molecular weight is 200 g/mol. The maximum atomic E-state index is 11.3. The molecule has 0 aliphatic carbocycles. The Bertz CT molecular complexity index is 241. The Morgan fingerprint density at radius 2 is 2.43 bits per heavy atom. The minimum absolute atomic E-state index is 0.0143. The molecule has 0 radical (unpaired) electrons. The Balaban J connectivity index is 2.56. The number of rotatable bonds is 1. The van der Waals surface area contributed by atoms with Gasteiger partial charge >= 0.3 is 0 Å². The molecule has 1 rings (SSSR count). The van der Waals surface area contributed by atoms with Crippen molar-refractivity contribution in [3.05, 3.63) is 0 Å². The van der Waals surface area contributed by atoms with Crippen LogP contribution in [0, 0.1) is 5.92 Å². The van der Waals surface area contributed by atoms with Gasteiger partial charge in [-0.1, -0.05) is 5.16 Å². The fourth-order valence-electron chi connectivity index (χ4n) is 1.67. The molecule has 1 saturated heterocycles. The van der Waals surface area contributed by atoms with Gasteiger partial charge in [0.1, 0.15) is 0 Å². The van der Waals surface area contributed by atoms with Crippen molar-refractivity contribution in [2.75, 3.05) is 20.1 Å². The van der Waals surface area contributed by atoms with Gasteiger partial charge in [0.15, 0.2) is 0 Å². The monoisotopic (exact) mass is 200 g/mol. The number of likely N-dealkylation sites (tertiary alicyclic amines) is 1. The van der Waals surface area contributed by atoms with E-state index in [0.717, 1.165) is 19.4 Å². The van der Waals surface area contributed by atoms with Crippen LogP contribution in [-0.2, 0) is 4.79 Å². The van der Waals surface area contributed by atoms with E-state index in [2.05, 4.69) is 10.5 Å². The van der Waals surface area contributed by atoms with Gasteiger partial charge in [-0.05, 0) is 12.8 Å². The Labute approximate surface area is 82.7 Å². The summed E-state index contributed by atoms with van der Waals surface area (Å²) in [6.45, 7) is 1.26. The summed E-state index contributed by atoms with van der Waals surface area (Å²) in [6.07, 6.45) is 1.74. The molecular weight excluding hydrogens is 184 g/mol. The SMILES string of the molecule is CNC(=O)C1CCCN(/C(N)=N/O)C1. The number of piperidine rings is 1. The lowest BCUT2D eigenvalue weighted by atomic mass is 9.97. The van der Waals surface area contributed by atoms with Crippen molar-refractivity contribution in [1.29, 1.82) is 0 Å². The molecule has 1 atom stereocenters. The molecule has 1 heterocycles. The van der Waals surface area contributed by atoms with Crippen LogP contribution in [0.4, 0.5) is 0 Å². The van der Waals surface area contributed by atoms with Crippen molar-refractivity contribution in [3.8, 4) is 0 Å². The van der Waals surface area contributed by atoms with Gasteiger partial charge in [-0.25, -0.2) is 0 Å². The third-order valence-corrected chi connectivity index (χ3v) is 2.47. The molecule has 1 amide bonds. The number of carbonyl (C=O) groups is 1. The summed E-state index contributed by atoms with van der Waals surface area (Å²) in [5, 5.41) is 14.0. The summed E-state index contributed by atoms with van der Waals surface area (Å²) in [5.74, 6) is 0.0353. The highest BCUT2D eigenvalue weighted by Crippen LogP contribution is 2.15. The minimum Gasteiger partial charge on any atom is -0.408 e. The van der Waals surface area contributed by atoms with Crippen LogP contribution in [0.5, 0.6) is 0 Å². The number of nitrogens with one attached hydrogen (secondary N) is 1. The molecule has 0 spiro atoms. The number of guanidine groups is 1. The fourth-order valence-corrected chi connectivity index (χ4v) is 1.67. The summed E-state index contributed by atoms with van der Waals surface area (Å²) in [5.41, 5.74) is 5.45. The van der Waals surface area contributed by atoms with Crippen LogP contribution in [0.15, 0.2) is 5.16 Å². The number of amides is 1. The van der Waals surface area contributed by atoms with Crippen LogP contribution in [0.25, 0.3) is 0 Å². The van der Waals surface area contributed by atoms with Gasteiger partial charge in [-0.2, -0.15) is 0 Å². The van der Waals surface area contributed by atoms with Gasteiger partial charge in [0.2, 0.25) is 11.9 Å². The zero-order valence-corrected chi connectivity index (χ0v) is 8.23. The molecule has 1 fully saturated rings. The average Bonchev–Trinajstić information content (AvgIpc) is 2.27. The van der Waals surface area contributed by atoms with Crippen molar-refractivity contribution in [2.45, 2.75) is 12.8 Å². The molecule has 80 valence electrons. The standard InChI is InChI=1S/C8H16N4O2/c1-10-7(13)6-3-2-4-12(5-6)8(9)11-14/h6,14H,2-5H2,1H3,(H2,9,11)(H,10,13). The molecule has 0 aromatic heterocycles. The summed E-state index contributed by atoms with van der Waals surface area (Å²) >= 11 is 0. The first-order valence-corrected chi connectivity index (χ1v) is 4.63. The van der Waals surface area contributed by atoms with E-state index in [1.165, 1.54) is 0 Å². The summed E-state index contributed by atoms with van der Waals surface area (Å²) in [4.78, 5) is 13.1. The zero-order chi connectivity index (χ0) is 10.6. The van der Waals surface area contributed by atoms with Crippen LogP contribution < -0.4 is 11.1 Å². The van der Waals surface area contributed by atoms with E-state index in [0.29, 0.717) is 6.54 Å². The van der Waals surface area contributed by atoms with Crippen molar-refractivity contribution in [1.82, 2.24) is 10.2 Å². The van der Waals surface area contributed by atoms with Crippen LogP contribution in [-0.4, -0.2) is 42.1 Å². The highest BCUT2D eigenvalue weighted by atomic mass is 16.4. The van der Waals surface area contributed by atoms with E-state index < -0.39 is 0 Å². The van der Waals surface area contributed by atoms with Gasteiger partial charge in [0.05, 0.1) is 5.92 Å². The van der Waals surface area contributed by atoms with Crippen LogP contribution in [0.3, 0.4) is 0 Å². The molecule has 0 aromatic rings. The van der Waals surface area contributed by atoms with Gasteiger partial charge in [-0.15, -0.1) is 0 Å². The second-order valence-corrected chi connectivity index (χ2v) is 3.36. The van der Waals surface area contributed by atoms with E-state index in [9.17, 15) is 4.79 Å². The van der Waals surface area contributed by atoms with Gasteiger partial charge in [0.25, 0.3) is 0 Å². The fraction of sp³-hybridized carbons (Fsp3) is 0.750. The van der Waals surface area contributed by atoms with E-state index in [1.54, 1.807) is 11.9 Å². The molecule has 14 heavy (non-hydrogen) atoms. The largest absolute Gasteiger partial charge is 0.408 e. The molecule has 6 heteroatoms. The van der Waals surface area contributed by atoms with Gasteiger partial charge < -0.3 is 21.2 Å². The first kappa shape index (κ1) is 10.6. The molecule has 4 N–H and O–H groups in total. The zero-order valence-electron chi connectivity index (χ0n) is 8.23. The van der Waals surface area contributed by atoms with E-state index in [4.69, 9.17) is 10.9 Å². The molecule has 0 aromatic carbocycles. The second kappa shape index (κ2) is 4.69. The van der Waals surface area contributed by atoms with Crippen molar-refractivity contribution in [2.24, 2.45) is 16.8 Å². The summed E-state index contributed by atoms with van der Waals surface area (Å²) in [6, 6.07) is 0. The lowest BCUT2D eigenvalue weighted by molar-refractivity contribution is -0.125. The number of oxime groups is 1. The molecular formula is C8H16N4O2. The molecule has 0 bridgehead atoms. The quantitative estimate of drug-likeness (QED) is 0.222. The number of carbonyl (C=O) groups excluding carboxylic acids is 1. The topological polar surface area (TPSA) is 91.0 Å². The molecule has 1 unspecified atom stereocenters. The number of nitrogens with zero attached hydrogens (tertiary/aromatic N) is 2. The first-order chi connectivity index (χ1) is 6.69. The number of hydrogen-bond donors (Lipinski definition) is 3. The van der Waals surface area contributed by atoms with E-state index >= 15 is 0 Å². The molecule has 0 saturated carbocycles. The van der Waals surface area contributed by atoms with Gasteiger partial charge in [0, 0.05) is 20.1 Å². The summed E-state index contributed by atoms with van der Waals surface area (Å²) < 4.78 is 0. The lowest BCUT2D eigenvalue weighted by Crippen LogP contribution is -2.47. The van der Waals surface area contributed by atoms with E-state index in [-0.39, 0.29) is 17.8 Å². The van der Waals surface area contributed by atoms with Crippen LogP contribution >= 0.6 is 0 Å². The third-order valence-electron chi connectivity index (χ3n) is 2.47. The Morgan fingerprint density at radius 3 is 3.00 bits per heavy atom. The summed E-state index contributed by atoms with van der Waals surface area (Å²) in [7, 11) is 1.62. The first-order valence-electron chi connectivity index (χ1n) is 4.63. The van der Waals surface area contributed by atoms with Gasteiger partial charge in [-0.3, -0.25) is 4.79 Å². The van der Waals surface area contributed by atoms with Crippen molar-refractivity contribution in [3.63, 3.8) is 0 Å². The van der Waals surface area contributed by atoms with E-state index in [1.807, 2.05) is 0 Å². The molecule has 6 nitrogen and oxygen atoms in total. The smallest absolute Gasteiger partial charge is 0.233 e. The number of nitrogens with two attached hydrogens (primary N) is 1. The minimum atomic E-state index is -0.0611. The second-order valence-electron chi connectivity index (χ2n) is 3.36.